The molecule has 2 aromatic carbocycles. The summed E-state index contributed by atoms with van der Waals surface area (Å²) < 4.78 is 33.6. The first-order valence-corrected chi connectivity index (χ1v) is 14.1. The lowest BCUT2D eigenvalue weighted by Crippen LogP contribution is -2.48. The molecule has 0 bridgehead atoms. The van der Waals surface area contributed by atoms with Crippen molar-refractivity contribution in [3.63, 3.8) is 0 Å². The number of hydrogen-bond acceptors (Lipinski definition) is 7. The van der Waals surface area contributed by atoms with Gasteiger partial charge in [-0.3, -0.25) is 14.4 Å². The number of halogens is 2. The van der Waals surface area contributed by atoms with E-state index in [-0.39, 0.29) is 22.9 Å². The van der Waals surface area contributed by atoms with Gasteiger partial charge in [0.15, 0.2) is 5.13 Å². The summed E-state index contributed by atoms with van der Waals surface area (Å²) in [6.45, 7) is 2.29. The molecular formula is C23H22Cl2N4O4S2. The third kappa shape index (κ3) is 5.18. The summed E-state index contributed by atoms with van der Waals surface area (Å²) in [7, 11) is -3.75. The molecule has 2 saturated heterocycles. The van der Waals surface area contributed by atoms with Crippen molar-refractivity contribution in [1.29, 1.82) is 0 Å². The van der Waals surface area contributed by atoms with Gasteiger partial charge in [0.05, 0.1) is 33.7 Å². The van der Waals surface area contributed by atoms with Gasteiger partial charge in [-0.25, -0.2) is 13.4 Å². The minimum Gasteiger partial charge on any atom is -0.371 e. The zero-order valence-corrected chi connectivity index (χ0v) is 21.6. The molecule has 2 aliphatic rings. The zero-order valence-electron chi connectivity index (χ0n) is 18.4. The molecule has 12 heteroatoms. The first kappa shape index (κ1) is 24.5. The van der Waals surface area contributed by atoms with E-state index in [1.165, 1.54) is 29.7 Å². The number of nitrogens with zero attached hydrogens (tertiary/aromatic N) is 3. The summed E-state index contributed by atoms with van der Waals surface area (Å²) in [5, 5.41) is 2.96. The summed E-state index contributed by atoms with van der Waals surface area (Å²) in [6, 6.07) is 11.5. The highest BCUT2D eigenvalue weighted by molar-refractivity contribution is 7.93. The molecule has 3 heterocycles. The molecule has 0 radical (unpaired) electrons. The maximum atomic E-state index is 13.3. The van der Waals surface area contributed by atoms with E-state index in [1.54, 1.807) is 34.5 Å². The number of nitrogens with one attached hydrogen (secondary N) is 1. The normalized spacial score (nSPS) is 21.4. The Kier molecular flexibility index (Phi) is 7.02. The Morgan fingerprint density at radius 1 is 1.09 bits per heavy atom. The van der Waals surface area contributed by atoms with Crippen molar-refractivity contribution in [2.24, 2.45) is 0 Å². The summed E-state index contributed by atoms with van der Waals surface area (Å²) in [5.74, 6) is -0.00342. The molecule has 0 saturated carbocycles. The van der Waals surface area contributed by atoms with Crippen molar-refractivity contribution in [3.05, 3.63) is 69.7 Å². The van der Waals surface area contributed by atoms with E-state index >= 15 is 0 Å². The second kappa shape index (κ2) is 10.0. The fourth-order valence-corrected chi connectivity index (χ4v) is 6.47. The molecule has 0 aliphatic carbocycles. The van der Waals surface area contributed by atoms with Crippen LogP contribution in [-0.2, 0) is 19.6 Å². The number of aromatic nitrogens is 1. The van der Waals surface area contributed by atoms with Crippen LogP contribution >= 0.6 is 34.5 Å². The fourth-order valence-electron chi connectivity index (χ4n) is 4.38. The summed E-state index contributed by atoms with van der Waals surface area (Å²) in [4.78, 5) is 21.2. The molecule has 1 amide bonds. The Balaban J connectivity index is 1.26. The molecule has 1 N–H and O–H groups in total. The average Bonchev–Trinajstić information content (AvgIpc) is 3.50. The van der Waals surface area contributed by atoms with Crippen LogP contribution in [0.3, 0.4) is 0 Å². The predicted octanol–water partition coefficient (Wildman–Crippen LogP) is 4.43. The quantitative estimate of drug-likeness (QED) is 0.486. The van der Waals surface area contributed by atoms with Gasteiger partial charge in [0.25, 0.3) is 10.0 Å². The number of rotatable bonds is 6. The molecule has 35 heavy (non-hydrogen) atoms. The maximum Gasteiger partial charge on any atom is 0.263 e. The monoisotopic (exact) mass is 552 g/mol. The lowest BCUT2D eigenvalue weighted by molar-refractivity contribution is -0.125. The van der Waals surface area contributed by atoms with Crippen LogP contribution in [-0.4, -0.2) is 56.5 Å². The number of carbonyl (C=O) groups excluding carboxylic acids is 1. The van der Waals surface area contributed by atoms with Crippen LogP contribution in [0.1, 0.15) is 18.1 Å². The molecule has 5 rings (SSSR count). The van der Waals surface area contributed by atoms with E-state index in [0.717, 1.165) is 5.56 Å². The van der Waals surface area contributed by atoms with Crippen molar-refractivity contribution in [2.45, 2.75) is 23.5 Å². The van der Waals surface area contributed by atoms with Crippen molar-refractivity contribution in [2.75, 3.05) is 35.9 Å². The smallest absolute Gasteiger partial charge is 0.263 e. The van der Waals surface area contributed by atoms with E-state index in [9.17, 15) is 13.2 Å². The third-order valence-electron chi connectivity index (χ3n) is 6.14. The maximum absolute atomic E-state index is 13.3. The Bertz CT molecular complexity index is 1320. The zero-order chi connectivity index (χ0) is 24.6. The number of anilines is 2. The largest absolute Gasteiger partial charge is 0.371 e. The first-order valence-electron chi connectivity index (χ1n) is 11.0. The molecule has 0 unspecified atom stereocenters. The van der Waals surface area contributed by atoms with Gasteiger partial charge in [0.2, 0.25) is 5.91 Å². The van der Waals surface area contributed by atoms with Crippen molar-refractivity contribution < 1.29 is 17.9 Å². The summed E-state index contributed by atoms with van der Waals surface area (Å²) in [5.41, 5.74) is 1.59. The number of benzene rings is 2. The highest BCUT2D eigenvalue weighted by Gasteiger charge is 2.39. The Morgan fingerprint density at radius 2 is 1.89 bits per heavy atom. The second-order valence-electron chi connectivity index (χ2n) is 8.26. The SMILES string of the molecule is O=C1[C@@H](N2CCO[C@H](c3ccc(Cl)c(Cl)c3)C2)CCN1c1ccc(S(=O)(=O)Nc2nccs2)cc1. The van der Waals surface area contributed by atoms with Crippen LogP contribution in [0.5, 0.6) is 0 Å². The predicted molar refractivity (Wildman–Crippen MR) is 137 cm³/mol. The topological polar surface area (TPSA) is 91.8 Å². The van der Waals surface area contributed by atoms with Crippen molar-refractivity contribution >= 4 is 61.3 Å². The molecule has 2 fully saturated rings. The van der Waals surface area contributed by atoms with E-state index in [1.807, 2.05) is 6.07 Å². The van der Waals surface area contributed by atoms with Crippen LogP contribution in [0.2, 0.25) is 10.0 Å². The minimum atomic E-state index is -3.75. The van der Waals surface area contributed by atoms with Crippen LogP contribution in [0, 0.1) is 0 Å². The van der Waals surface area contributed by atoms with Gasteiger partial charge in [0.1, 0.15) is 0 Å². The molecule has 184 valence electrons. The molecule has 8 nitrogen and oxygen atoms in total. The highest BCUT2D eigenvalue weighted by atomic mass is 35.5. The van der Waals surface area contributed by atoms with Gasteiger partial charge in [0, 0.05) is 36.9 Å². The minimum absolute atomic E-state index is 0.00342. The van der Waals surface area contributed by atoms with Crippen molar-refractivity contribution in [3.8, 4) is 0 Å². The number of morpholine rings is 1. The summed E-state index contributed by atoms with van der Waals surface area (Å²) >= 11 is 13.4. The number of hydrogen-bond donors (Lipinski definition) is 1. The number of amides is 1. The standard InChI is InChI=1S/C23H22Cl2N4O4S2/c24-18-6-1-15(13-19(18)25)21-14-28(10-11-33-21)20-7-9-29(22(20)30)16-2-4-17(5-3-16)35(31,32)27-23-26-8-12-34-23/h1-6,8,12-13,20-21H,7,9-11,14H2,(H,26,27)/t20-,21-/m0/s1. The first-order chi connectivity index (χ1) is 16.8. The van der Waals surface area contributed by atoms with E-state index in [0.29, 0.717) is 53.5 Å². The fraction of sp³-hybridized carbons (Fsp3) is 0.304. The van der Waals surface area contributed by atoms with Crippen molar-refractivity contribution in [1.82, 2.24) is 9.88 Å². The average molecular weight is 553 g/mol. The van der Waals surface area contributed by atoms with Gasteiger partial charge in [-0.2, -0.15) is 0 Å². The van der Waals surface area contributed by atoms with Crippen LogP contribution in [0.25, 0.3) is 0 Å². The Hall–Kier alpha value is -2.21. The van der Waals surface area contributed by atoms with Crippen LogP contribution in [0.15, 0.2) is 58.9 Å². The van der Waals surface area contributed by atoms with Gasteiger partial charge in [-0.05, 0) is 48.4 Å². The van der Waals surface area contributed by atoms with Gasteiger partial charge in [-0.15, -0.1) is 11.3 Å². The molecular weight excluding hydrogens is 531 g/mol. The number of carbonyl (C=O) groups is 1. The van der Waals surface area contributed by atoms with Gasteiger partial charge >= 0.3 is 0 Å². The summed E-state index contributed by atoms with van der Waals surface area (Å²) in [6.07, 6.45) is 2.01. The highest BCUT2D eigenvalue weighted by Crippen LogP contribution is 2.32. The van der Waals surface area contributed by atoms with E-state index < -0.39 is 10.0 Å². The van der Waals surface area contributed by atoms with Gasteiger partial charge < -0.3 is 9.64 Å². The lowest BCUT2D eigenvalue weighted by Gasteiger charge is -2.36. The molecule has 0 spiro atoms. The van der Waals surface area contributed by atoms with E-state index in [4.69, 9.17) is 27.9 Å². The Labute approximate surface area is 217 Å². The third-order valence-corrected chi connectivity index (χ3v) is 9.06. The number of thiazole rings is 1. The van der Waals surface area contributed by atoms with E-state index in [2.05, 4.69) is 14.6 Å². The van der Waals surface area contributed by atoms with Crippen LogP contribution in [0.4, 0.5) is 10.8 Å². The molecule has 1 aromatic heterocycles. The number of sulfonamides is 1. The second-order valence-corrected chi connectivity index (χ2v) is 11.7. The number of ether oxygens (including phenoxy) is 1. The Morgan fingerprint density at radius 3 is 2.60 bits per heavy atom. The molecule has 2 atom stereocenters. The lowest BCUT2D eigenvalue weighted by atomic mass is 10.1. The molecule has 2 aliphatic heterocycles. The van der Waals surface area contributed by atoms with Gasteiger partial charge in [-0.1, -0.05) is 29.3 Å². The molecule has 3 aromatic rings. The van der Waals surface area contributed by atoms with Crippen LogP contribution < -0.4 is 9.62 Å².